The first kappa shape index (κ1) is 17.6. The SMILES string of the molecule is O=C(c1cccc(Cl)c1)N1CC[C@@H](OCC2CC2)[C@@H]1Cc1ccccc1. The molecule has 26 heavy (non-hydrogen) atoms. The first-order valence-electron chi connectivity index (χ1n) is 9.43. The summed E-state index contributed by atoms with van der Waals surface area (Å²) in [6.45, 7) is 1.56. The predicted molar refractivity (Wildman–Crippen MR) is 104 cm³/mol. The van der Waals surface area contributed by atoms with E-state index in [1.165, 1.54) is 18.4 Å². The van der Waals surface area contributed by atoms with Crippen molar-refractivity contribution in [2.75, 3.05) is 13.2 Å². The summed E-state index contributed by atoms with van der Waals surface area (Å²) in [6.07, 6.45) is 4.39. The van der Waals surface area contributed by atoms with E-state index in [1.807, 2.05) is 35.2 Å². The van der Waals surface area contributed by atoms with Gasteiger partial charge in [0.2, 0.25) is 0 Å². The van der Waals surface area contributed by atoms with Crippen LogP contribution in [-0.4, -0.2) is 36.1 Å². The molecule has 136 valence electrons. The molecular weight excluding hydrogens is 346 g/mol. The van der Waals surface area contributed by atoms with Crippen LogP contribution in [0.1, 0.15) is 35.2 Å². The second kappa shape index (κ2) is 7.81. The minimum absolute atomic E-state index is 0.0472. The zero-order valence-electron chi connectivity index (χ0n) is 14.8. The summed E-state index contributed by atoms with van der Waals surface area (Å²) >= 11 is 6.09. The van der Waals surface area contributed by atoms with Crippen LogP contribution in [0, 0.1) is 5.92 Å². The molecule has 0 bridgehead atoms. The molecule has 4 heteroatoms. The number of ether oxygens (including phenoxy) is 1. The largest absolute Gasteiger partial charge is 0.376 e. The molecule has 1 heterocycles. The Morgan fingerprint density at radius 3 is 2.62 bits per heavy atom. The molecule has 2 fully saturated rings. The molecule has 0 aromatic heterocycles. The van der Waals surface area contributed by atoms with Crippen LogP contribution in [0.3, 0.4) is 0 Å². The molecule has 1 saturated heterocycles. The first-order valence-corrected chi connectivity index (χ1v) is 9.80. The van der Waals surface area contributed by atoms with Gasteiger partial charge in [0.1, 0.15) is 0 Å². The molecule has 1 aliphatic heterocycles. The highest BCUT2D eigenvalue weighted by Crippen LogP contribution is 2.32. The molecule has 4 rings (SSSR count). The summed E-state index contributed by atoms with van der Waals surface area (Å²) in [5, 5.41) is 0.594. The van der Waals surface area contributed by atoms with Crippen molar-refractivity contribution < 1.29 is 9.53 Å². The van der Waals surface area contributed by atoms with Crippen LogP contribution < -0.4 is 0 Å². The molecule has 1 amide bonds. The predicted octanol–water partition coefficient (Wildman–Crippen LogP) is 4.59. The molecule has 0 spiro atoms. The maximum absolute atomic E-state index is 13.1. The highest BCUT2D eigenvalue weighted by atomic mass is 35.5. The normalized spacial score (nSPS) is 22.6. The summed E-state index contributed by atoms with van der Waals surface area (Å²) in [4.78, 5) is 15.1. The Labute approximate surface area is 159 Å². The van der Waals surface area contributed by atoms with Crippen molar-refractivity contribution in [3.8, 4) is 0 Å². The number of nitrogens with zero attached hydrogens (tertiary/aromatic N) is 1. The van der Waals surface area contributed by atoms with Crippen LogP contribution in [0.2, 0.25) is 5.02 Å². The average Bonchev–Trinajstić information content (AvgIpc) is 3.41. The lowest BCUT2D eigenvalue weighted by atomic mass is 10.0. The Morgan fingerprint density at radius 1 is 1.08 bits per heavy atom. The van der Waals surface area contributed by atoms with Gasteiger partial charge in [-0.1, -0.05) is 48.0 Å². The molecule has 2 aromatic carbocycles. The molecule has 1 aliphatic carbocycles. The lowest BCUT2D eigenvalue weighted by Gasteiger charge is -2.28. The number of rotatable bonds is 6. The van der Waals surface area contributed by atoms with Crippen LogP contribution >= 0.6 is 11.6 Å². The second-order valence-electron chi connectivity index (χ2n) is 7.37. The molecule has 2 aliphatic rings. The van der Waals surface area contributed by atoms with Crippen molar-refractivity contribution in [1.82, 2.24) is 4.90 Å². The van der Waals surface area contributed by atoms with Crippen LogP contribution in [0.25, 0.3) is 0 Å². The van der Waals surface area contributed by atoms with Crippen LogP contribution in [0.5, 0.6) is 0 Å². The third kappa shape index (κ3) is 4.11. The first-order chi connectivity index (χ1) is 12.7. The molecule has 1 saturated carbocycles. The Balaban J connectivity index is 1.53. The minimum Gasteiger partial charge on any atom is -0.376 e. The third-order valence-electron chi connectivity index (χ3n) is 5.35. The van der Waals surface area contributed by atoms with Gasteiger partial charge in [-0.05, 0) is 55.4 Å². The van der Waals surface area contributed by atoms with E-state index in [2.05, 4.69) is 12.1 Å². The van der Waals surface area contributed by atoms with Crippen LogP contribution in [0.4, 0.5) is 0 Å². The number of amides is 1. The van der Waals surface area contributed by atoms with Gasteiger partial charge in [-0.2, -0.15) is 0 Å². The van der Waals surface area contributed by atoms with Gasteiger partial charge in [0.05, 0.1) is 12.1 Å². The highest BCUT2D eigenvalue weighted by molar-refractivity contribution is 6.30. The molecule has 0 unspecified atom stereocenters. The zero-order chi connectivity index (χ0) is 17.9. The van der Waals surface area contributed by atoms with E-state index in [9.17, 15) is 4.79 Å². The van der Waals surface area contributed by atoms with Crippen molar-refractivity contribution in [2.24, 2.45) is 5.92 Å². The number of carbonyl (C=O) groups is 1. The van der Waals surface area contributed by atoms with Gasteiger partial charge in [-0.15, -0.1) is 0 Å². The Morgan fingerprint density at radius 2 is 1.88 bits per heavy atom. The number of benzene rings is 2. The lowest BCUT2D eigenvalue weighted by molar-refractivity contribution is 0.0200. The van der Waals surface area contributed by atoms with Gasteiger partial charge in [0, 0.05) is 23.7 Å². The Kier molecular flexibility index (Phi) is 5.28. The smallest absolute Gasteiger partial charge is 0.254 e. The molecular formula is C22H24ClNO2. The quantitative estimate of drug-likeness (QED) is 0.745. The van der Waals surface area contributed by atoms with Crippen molar-refractivity contribution in [1.29, 1.82) is 0 Å². The van der Waals surface area contributed by atoms with E-state index in [4.69, 9.17) is 16.3 Å². The Bertz CT molecular complexity index is 760. The number of likely N-dealkylation sites (tertiary alicyclic amines) is 1. The van der Waals surface area contributed by atoms with E-state index >= 15 is 0 Å². The summed E-state index contributed by atoms with van der Waals surface area (Å²) in [7, 11) is 0. The number of carbonyl (C=O) groups excluding carboxylic acids is 1. The van der Waals surface area contributed by atoms with E-state index < -0.39 is 0 Å². The van der Waals surface area contributed by atoms with Gasteiger partial charge in [0.15, 0.2) is 0 Å². The van der Waals surface area contributed by atoms with Gasteiger partial charge >= 0.3 is 0 Å². The fourth-order valence-corrected chi connectivity index (χ4v) is 3.89. The number of hydrogen-bond acceptors (Lipinski definition) is 2. The molecule has 0 N–H and O–H groups in total. The molecule has 2 aromatic rings. The zero-order valence-corrected chi connectivity index (χ0v) is 15.6. The second-order valence-corrected chi connectivity index (χ2v) is 7.81. The molecule has 3 nitrogen and oxygen atoms in total. The third-order valence-corrected chi connectivity index (χ3v) is 5.58. The fourth-order valence-electron chi connectivity index (χ4n) is 3.70. The Hall–Kier alpha value is -1.84. The number of hydrogen-bond donors (Lipinski definition) is 0. The standard InChI is InChI=1S/C22H24ClNO2/c23-19-8-4-7-18(14-19)22(25)24-12-11-21(26-15-17-9-10-17)20(24)13-16-5-2-1-3-6-16/h1-8,14,17,20-21H,9-13,15H2/t20-,21+/m0/s1. The van der Waals surface area contributed by atoms with E-state index in [-0.39, 0.29) is 18.1 Å². The van der Waals surface area contributed by atoms with Crippen LogP contribution in [0.15, 0.2) is 54.6 Å². The maximum atomic E-state index is 13.1. The average molecular weight is 370 g/mol. The van der Waals surface area contributed by atoms with E-state index in [0.29, 0.717) is 10.6 Å². The van der Waals surface area contributed by atoms with Crippen molar-refractivity contribution in [2.45, 2.75) is 37.8 Å². The molecule has 0 radical (unpaired) electrons. The summed E-state index contributed by atoms with van der Waals surface area (Å²) < 4.78 is 6.23. The van der Waals surface area contributed by atoms with Gasteiger partial charge in [0.25, 0.3) is 5.91 Å². The van der Waals surface area contributed by atoms with Gasteiger partial charge in [-0.25, -0.2) is 0 Å². The van der Waals surface area contributed by atoms with Gasteiger partial charge in [-0.3, -0.25) is 4.79 Å². The fraction of sp³-hybridized carbons (Fsp3) is 0.409. The monoisotopic (exact) mass is 369 g/mol. The van der Waals surface area contributed by atoms with Crippen molar-refractivity contribution >= 4 is 17.5 Å². The lowest BCUT2D eigenvalue weighted by Crippen LogP contribution is -2.42. The summed E-state index contributed by atoms with van der Waals surface area (Å²) in [6, 6.07) is 17.7. The topological polar surface area (TPSA) is 29.5 Å². The highest BCUT2D eigenvalue weighted by Gasteiger charge is 2.39. The number of halogens is 1. The summed E-state index contributed by atoms with van der Waals surface area (Å²) in [5.41, 5.74) is 1.89. The molecule has 2 atom stereocenters. The van der Waals surface area contributed by atoms with E-state index in [0.717, 1.165) is 31.9 Å². The maximum Gasteiger partial charge on any atom is 0.254 e. The van der Waals surface area contributed by atoms with Crippen molar-refractivity contribution in [3.63, 3.8) is 0 Å². The minimum atomic E-state index is 0.0472. The van der Waals surface area contributed by atoms with Gasteiger partial charge < -0.3 is 9.64 Å². The van der Waals surface area contributed by atoms with E-state index in [1.54, 1.807) is 12.1 Å². The van der Waals surface area contributed by atoms with Crippen molar-refractivity contribution in [3.05, 3.63) is 70.7 Å². The van der Waals surface area contributed by atoms with Crippen LogP contribution in [-0.2, 0) is 11.2 Å². The summed E-state index contributed by atoms with van der Waals surface area (Å²) in [5.74, 6) is 0.774.